The summed E-state index contributed by atoms with van der Waals surface area (Å²) in [6.45, 7) is 7.80. The number of anilines is 3. The van der Waals surface area contributed by atoms with Crippen molar-refractivity contribution in [1.29, 1.82) is 5.26 Å². The number of ether oxygens (including phenoxy) is 2. The van der Waals surface area contributed by atoms with Gasteiger partial charge in [0, 0.05) is 41.7 Å². The molecule has 1 aliphatic rings. The number of nitrogens with one attached hydrogen (secondary N) is 2. The Morgan fingerprint density at radius 2 is 2.11 bits per heavy atom. The molecule has 4 rings (SSSR count). The quantitative estimate of drug-likeness (QED) is 0.308. The fraction of sp³-hybridized carbons (Fsp3) is 0.310. The molecule has 0 spiro atoms. The van der Waals surface area contributed by atoms with E-state index in [1.165, 1.54) is 12.4 Å². The first-order chi connectivity index (χ1) is 18.5. The molecule has 3 aromatic rings. The number of benzene rings is 2. The number of amides is 1. The number of rotatable bonds is 10. The lowest BCUT2D eigenvalue weighted by Gasteiger charge is -2.18. The van der Waals surface area contributed by atoms with Crippen molar-refractivity contribution in [3.8, 4) is 24.2 Å². The monoisotopic (exact) mass is 510 g/mol. The highest BCUT2D eigenvalue weighted by molar-refractivity contribution is 6.03. The van der Waals surface area contributed by atoms with E-state index in [4.69, 9.17) is 15.9 Å². The molecule has 0 aliphatic carbocycles. The van der Waals surface area contributed by atoms with E-state index in [1.54, 1.807) is 30.3 Å². The Bertz CT molecular complexity index is 1410. The van der Waals surface area contributed by atoms with Crippen LogP contribution in [0.2, 0.25) is 0 Å². The molecule has 2 heterocycles. The van der Waals surface area contributed by atoms with Gasteiger partial charge in [0.05, 0.1) is 30.0 Å². The third-order valence-corrected chi connectivity index (χ3v) is 6.26. The fourth-order valence-corrected chi connectivity index (χ4v) is 4.10. The Balaban J connectivity index is 1.66. The summed E-state index contributed by atoms with van der Waals surface area (Å²) in [5.41, 5.74) is 2.71. The summed E-state index contributed by atoms with van der Waals surface area (Å²) in [4.78, 5) is 23.8. The van der Waals surface area contributed by atoms with E-state index in [2.05, 4.69) is 51.3 Å². The summed E-state index contributed by atoms with van der Waals surface area (Å²) >= 11 is 0. The molecule has 0 saturated carbocycles. The number of nitriles is 1. The van der Waals surface area contributed by atoms with Gasteiger partial charge in [-0.3, -0.25) is 4.79 Å². The van der Waals surface area contributed by atoms with Crippen LogP contribution in [0, 0.1) is 23.7 Å². The van der Waals surface area contributed by atoms with E-state index in [-0.39, 0.29) is 12.0 Å². The van der Waals surface area contributed by atoms with Gasteiger partial charge in [-0.05, 0) is 37.4 Å². The van der Waals surface area contributed by atoms with Crippen LogP contribution in [0.5, 0.6) is 5.75 Å². The Kier molecular flexibility index (Phi) is 8.89. The molecule has 2 N–H and O–H groups in total. The van der Waals surface area contributed by atoms with Crippen LogP contribution >= 0.6 is 0 Å². The molecule has 194 valence electrons. The summed E-state index contributed by atoms with van der Waals surface area (Å²) in [7, 11) is 0. The molecule has 1 amide bonds. The number of hydrogen-bond acceptors (Lipinski definition) is 8. The normalized spacial score (nSPS) is 14.9. The summed E-state index contributed by atoms with van der Waals surface area (Å²) in [5, 5.41) is 16.1. The molecule has 2 aromatic carbocycles. The van der Waals surface area contributed by atoms with Crippen molar-refractivity contribution in [3.63, 3.8) is 0 Å². The van der Waals surface area contributed by atoms with Gasteiger partial charge in [0.1, 0.15) is 30.1 Å². The van der Waals surface area contributed by atoms with Gasteiger partial charge in [0.2, 0.25) is 5.91 Å². The van der Waals surface area contributed by atoms with Crippen LogP contribution in [0.25, 0.3) is 10.9 Å². The number of likely N-dealkylation sites (N-methyl/N-ethyl adjacent to an activating group) is 1. The lowest BCUT2D eigenvalue weighted by atomic mass is 10.1. The van der Waals surface area contributed by atoms with Gasteiger partial charge in [-0.1, -0.05) is 25.8 Å². The van der Waals surface area contributed by atoms with Crippen LogP contribution in [-0.4, -0.2) is 59.7 Å². The van der Waals surface area contributed by atoms with Crippen LogP contribution in [0.15, 0.2) is 48.8 Å². The highest BCUT2D eigenvalue weighted by atomic mass is 16.5. The first-order valence-electron chi connectivity index (χ1n) is 12.5. The third-order valence-electron chi connectivity index (χ3n) is 6.26. The molecule has 0 radical (unpaired) electrons. The van der Waals surface area contributed by atoms with Gasteiger partial charge in [-0.15, -0.1) is 6.42 Å². The third kappa shape index (κ3) is 6.46. The van der Waals surface area contributed by atoms with Crippen molar-refractivity contribution in [3.05, 3.63) is 59.9 Å². The molecular formula is C29H30N6O3. The molecule has 38 heavy (non-hydrogen) atoms. The molecule has 1 atom stereocenters. The van der Waals surface area contributed by atoms with Gasteiger partial charge in [-0.2, -0.15) is 5.26 Å². The molecule has 1 unspecified atom stereocenters. The van der Waals surface area contributed by atoms with E-state index in [9.17, 15) is 10.1 Å². The zero-order valence-electron chi connectivity index (χ0n) is 21.5. The van der Waals surface area contributed by atoms with Crippen LogP contribution < -0.4 is 15.4 Å². The van der Waals surface area contributed by atoms with Crippen molar-refractivity contribution in [2.45, 2.75) is 26.4 Å². The lowest BCUT2D eigenvalue weighted by molar-refractivity contribution is -0.111. The van der Waals surface area contributed by atoms with Gasteiger partial charge in [-0.25, -0.2) is 9.97 Å². The average molecular weight is 511 g/mol. The summed E-state index contributed by atoms with van der Waals surface area (Å²) in [6, 6.07) is 10.8. The number of carbonyl (C=O) groups is 1. The molecule has 9 nitrogen and oxygen atoms in total. The Morgan fingerprint density at radius 1 is 1.26 bits per heavy atom. The standard InChI is InChI=1S/C29H30N6O3/c1-4-20-14-22(10-9-21(20)17-30)33-29-24-15-26(34-28(36)8-7-12-35(5-2)6-3)27(16-25(24)31-19-32-29)38-23-11-13-37-18-23/h1,7-10,14-16,19,23H,5-6,11-13,18H2,2-3H3,(H,34,36)(H,31,32,33). The minimum absolute atomic E-state index is 0.110. The second kappa shape index (κ2) is 12.7. The Labute approximate surface area is 222 Å². The van der Waals surface area contributed by atoms with Crippen molar-refractivity contribution >= 4 is 34.0 Å². The number of nitrogens with zero attached hydrogens (tertiary/aromatic N) is 4. The van der Waals surface area contributed by atoms with Crippen LogP contribution in [0.1, 0.15) is 31.4 Å². The lowest BCUT2D eigenvalue weighted by Crippen LogP contribution is -2.23. The van der Waals surface area contributed by atoms with E-state index in [0.717, 1.165) is 19.5 Å². The second-order valence-corrected chi connectivity index (χ2v) is 8.71. The van der Waals surface area contributed by atoms with Gasteiger partial charge < -0.3 is 25.0 Å². The minimum Gasteiger partial charge on any atom is -0.486 e. The van der Waals surface area contributed by atoms with Crippen LogP contribution in [-0.2, 0) is 9.53 Å². The smallest absolute Gasteiger partial charge is 0.248 e. The highest BCUT2D eigenvalue weighted by Crippen LogP contribution is 2.35. The minimum atomic E-state index is -0.263. The molecule has 1 fully saturated rings. The topological polar surface area (TPSA) is 112 Å². The molecule has 1 aliphatic heterocycles. The highest BCUT2D eigenvalue weighted by Gasteiger charge is 2.21. The maximum Gasteiger partial charge on any atom is 0.248 e. The molecular weight excluding hydrogens is 480 g/mol. The van der Waals surface area contributed by atoms with Gasteiger partial charge in [0.25, 0.3) is 0 Å². The van der Waals surface area contributed by atoms with Crippen molar-refractivity contribution in [2.75, 3.05) is 43.5 Å². The Hall–Kier alpha value is -4.44. The first kappa shape index (κ1) is 26.6. The van der Waals surface area contributed by atoms with Crippen molar-refractivity contribution in [1.82, 2.24) is 14.9 Å². The van der Waals surface area contributed by atoms with E-state index < -0.39 is 0 Å². The summed E-state index contributed by atoms with van der Waals surface area (Å²) in [5.74, 6) is 3.30. The largest absolute Gasteiger partial charge is 0.486 e. The van der Waals surface area contributed by atoms with Gasteiger partial charge >= 0.3 is 0 Å². The van der Waals surface area contributed by atoms with E-state index in [1.807, 2.05) is 6.08 Å². The van der Waals surface area contributed by atoms with Gasteiger partial charge in [0.15, 0.2) is 0 Å². The van der Waals surface area contributed by atoms with Crippen LogP contribution in [0.4, 0.5) is 17.2 Å². The van der Waals surface area contributed by atoms with Crippen LogP contribution in [0.3, 0.4) is 0 Å². The molecule has 1 aromatic heterocycles. The average Bonchev–Trinajstić information content (AvgIpc) is 3.45. The number of carbonyl (C=O) groups excluding carboxylic acids is 1. The predicted octanol–water partition coefficient (Wildman–Crippen LogP) is 4.23. The number of fused-ring (bicyclic) bond motifs is 1. The Morgan fingerprint density at radius 3 is 2.82 bits per heavy atom. The molecule has 0 bridgehead atoms. The zero-order valence-corrected chi connectivity index (χ0v) is 21.5. The van der Waals surface area contributed by atoms with E-state index in [0.29, 0.717) is 64.7 Å². The maximum absolute atomic E-state index is 12.8. The molecule has 1 saturated heterocycles. The van der Waals surface area contributed by atoms with Crippen molar-refractivity contribution < 1.29 is 14.3 Å². The SMILES string of the molecule is C#Cc1cc(Nc2ncnc3cc(OC4CCOC4)c(NC(=O)C=CCN(CC)CC)cc23)ccc1C#N. The first-order valence-corrected chi connectivity index (χ1v) is 12.5. The summed E-state index contributed by atoms with van der Waals surface area (Å²) < 4.78 is 11.7. The fourth-order valence-electron chi connectivity index (χ4n) is 4.10. The zero-order chi connectivity index (χ0) is 26.9. The number of aromatic nitrogens is 2. The maximum atomic E-state index is 12.8. The number of terminal acetylenes is 1. The molecule has 9 heteroatoms. The second-order valence-electron chi connectivity index (χ2n) is 8.71. The van der Waals surface area contributed by atoms with Crippen molar-refractivity contribution in [2.24, 2.45) is 0 Å². The number of hydrogen-bond donors (Lipinski definition) is 2. The predicted molar refractivity (Wildman–Crippen MR) is 147 cm³/mol. The summed E-state index contributed by atoms with van der Waals surface area (Å²) in [6.07, 6.45) is 11.1. The van der Waals surface area contributed by atoms with E-state index >= 15 is 0 Å².